The van der Waals surface area contributed by atoms with Crippen LogP contribution in [0.25, 0.3) is 0 Å². The van der Waals surface area contributed by atoms with Crippen molar-refractivity contribution >= 4 is 5.91 Å². The van der Waals surface area contributed by atoms with Gasteiger partial charge in [0.15, 0.2) is 0 Å². The van der Waals surface area contributed by atoms with Crippen molar-refractivity contribution in [2.24, 2.45) is 5.73 Å². The lowest BCUT2D eigenvalue weighted by atomic mass is 9.97. The quantitative estimate of drug-likeness (QED) is 0.669. The molecule has 1 saturated heterocycles. The van der Waals surface area contributed by atoms with E-state index in [2.05, 4.69) is 24.1 Å². The number of carbonyl (C=O) groups excluding carboxylic acids is 1. The summed E-state index contributed by atoms with van der Waals surface area (Å²) in [5.41, 5.74) is 5.64. The topological polar surface area (TPSA) is 58.4 Å². The average Bonchev–Trinajstić information content (AvgIpc) is 2.17. The van der Waals surface area contributed by atoms with Crippen molar-refractivity contribution in [1.82, 2.24) is 10.2 Å². The largest absolute Gasteiger partial charge is 0.353 e. The van der Waals surface area contributed by atoms with E-state index in [1.807, 2.05) is 6.92 Å². The van der Waals surface area contributed by atoms with Gasteiger partial charge in [0, 0.05) is 25.2 Å². The standard InChI is InChI=1S/C10H21N3O/c1-4-8-9(14)12-5-6-13(8)10(2,3)7-11/h8H,4-7,11H2,1-3H3,(H,12,14). The molecule has 1 unspecified atom stereocenters. The van der Waals surface area contributed by atoms with Gasteiger partial charge >= 0.3 is 0 Å². The van der Waals surface area contributed by atoms with Gasteiger partial charge in [-0.2, -0.15) is 0 Å². The van der Waals surface area contributed by atoms with Gasteiger partial charge in [0.05, 0.1) is 6.04 Å². The van der Waals surface area contributed by atoms with Gasteiger partial charge in [-0.15, -0.1) is 0 Å². The van der Waals surface area contributed by atoms with Gasteiger partial charge in [-0.1, -0.05) is 6.92 Å². The number of rotatable bonds is 3. The molecule has 0 spiro atoms. The third-order valence-corrected chi connectivity index (χ3v) is 2.99. The minimum Gasteiger partial charge on any atom is -0.353 e. The van der Waals surface area contributed by atoms with Crippen LogP contribution in [0.15, 0.2) is 0 Å². The fourth-order valence-electron chi connectivity index (χ4n) is 1.96. The molecule has 1 fully saturated rings. The number of carbonyl (C=O) groups is 1. The van der Waals surface area contributed by atoms with Gasteiger partial charge in [-0.25, -0.2) is 0 Å². The second-order valence-corrected chi connectivity index (χ2v) is 4.43. The van der Waals surface area contributed by atoms with Crippen molar-refractivity contribution in [3.63, 3.8) is 0 Å². The SMILES string of the molecule is CCC1C(=O)NCCN1C(C)(C)CN. The summed E-state index contributed by atoms with van der Waals surface area (Å²) in [5, 5.41) is 2.89. The third kappa shape index (κ3) is 2.07. The third-order valence-electron chi connectivity index (χ3n) is 2.99. The molecule has 0 aromatic rings. The molecule has 3 N–H and O–H groups in total. The summed E-state index contributed by atoms with van der Waals surface area (Å²) < 4.78 is 0. The minimum absolute atomic E-state index is 0.0118. The normalized spacial score (nSPS) is 24.9. The zero-order chi connectivity index (χ0) is 10.8. The Hall–Kier alpha value is -0.610. The van der Waals surface area contributed by atoms with Crippen LogP contribution in [0.2, 0.25) is 0 Å². The molecule has 0 radical (unpaired) electrons. The number of hydrogen-bond donors (Lipinski definition) is 2. The zero-order valence-electron chi connectivity index (χ0n) is 9.34. The Labute approximate surface area is 85.8 Å². The van der Waals surface area contributed by atoms with E-state index in [0.29, 0.717) is 6.54 Å². The first kappa shape index (κ1) is 11.5. The molecule has 1 rings (SSSR count). The summed E-state index contributed by atoms with van der Waals surface area (Å²) in [7, 11) is 0. The molecule has 0 aliphatic carbocycles. The smallest absolute Gasteiger partial charge is 0.237 e. The van der Waals surface area contributed by atoms with Crippen LogP contribution < -0.4 is 11.1 Å². The Morgan fingerprint density at radius 2 is 2.29 bits per heavy atom. The Morgan fingerprint density at radius 1 is 1.64 bits per heavy atom. The van der Waals surface area contributed by atoms with E-state index in [0.717, 1.165) is 19.5 Å². The van der Waals surface area contributed by atoms with E-state index in [1.165, 1.54) is 0 Å². The van der Waals surface area contributed by atoms with Gasteiger partial charge in [0.2, 0.25) is 5.91 Å². The summed E-state index contributed by atoms with van der Waals surface area (Å²) in [6.07, 6.45) is 0.843. The molecule has 1 atom stereocenters. The number of nitrogens with zero attached hydrogens (tertiary/aromatic N) is 1. The molecule has 1 amide bonds. The second kappa shape index (κ2) is 4.28. The van der Waals surface area contributed by atoms with E-state index in [4.69, 9.17) is 5.73 Å². The Kier molecular flexibility index (Phi) is 3.50. The number of nitrogens with two attached hydrogens (primary N) is 1. The molecule has 1 heterocycles. The first-order valence-electron chi connectivity index (χ1n) is 5.27. The molecular weight excluding hydrogens is 178 g/mol. The number of piperazine rings is 1. The molecule has 4 nitrogen and oxygen atoms in total. The van der Waals surface area contributed by atoms with E-state index < -0.39 is 0 Å². The van der Waals surface area contributed by atoms with Crippen molar-refractivity contribution in [3.8, 4) is 0 Å². The maximum atomic E-state index is 11.6. The summed E-state index contributed by atoms with van der Waals surface area (Å²) in [6.45, 7) is 8.43. The monoisotopic (exact) mass is 199 g/mol. The van der Waals surface area contributed by atoms with Gasteiger partial charge < -0.3 is 11.1 Å². The lowest BCUT2D eigenvalue weighted by Crippen LogP contribution is -2.63. The van der Waals surface area contributed by atoms with Gasteiger partial charge in [0.1, 0.15) is 0 Å². The van der Waals surface area contributed by atoms with Gasteiger partial charge in [0.25, 0.3) is 0 Å². The molecule has 0 aromatic heterocycles. The maximum Gasteiger partial charge on any atom is 0.237 e. The maximum absolute atomic E-state index is 11.6. The Balaban J connectivity index is 2.79. The highest BCUT2D eigenvalue weighted by Crippen LogP contribution is 2.20. The average molecular weight is 199 g/mol. The molecule has 1 aliphatic heterocycles. The van der Waals surface area contributed by atoms with Gasteiger partial charge in [-0.3, -0.25) is 9.69 Å². The summed E-state index contributed by atoms with van der Waals surface area (Å²) in [5.74, 6) is 0.139. The lowest BCUT2D eigenvalue weighted by molar-refractivity contribution is -0.132. The molecule has 0 aromatic carbocycles. The van der Waals surface area contributed by atoms with Crippen molar-refractivity contribution in [3.05, 3.63) is 0 Å². The van der Waals surface area contributed by atoms with E-state index in [1.54, 1.807) is 0 Å². The minimum atomic E-state index is -0.0849. The fourth-order valence-corrected chi connectivity index (χ4v) is 1.96. The van der Waals surface area contributed by atoms with Crippen molar-refractivity contribution in [1.29, 1.82) is 0 Å². The van der Waals surface area contributed by atoms with Crippen molar-refractivity contribution < 1.29 is 4.79 Å². The van der Waals surface area contributed by atoms with E-state index >= 15 is 0 Å². The van der Waals surface area contributed by atoms with Crippen LogP contribution >= 0.6 is 0 Å². The van der Waals surface area contributed by atoms with Crippen LogP contribution in [0.5, 0.6) is 0 Å². The molecule has 0 saturated carbocycles. The summed E-state index contributed by atoms with van der Waals surface area (Å²) in [6, 6.07) is -0.0118. The number of amides is 1. The Bertz CT molecular complexity index is 215. The second-order valence-electron chi connectivity index (χ2n) is 4.43. The predicted molar refractivity (Wildman–Crippen MR) is 56.9 cm³/mol. The lowest BCUT2D eigenvalue weighted by Gasteiger charge is -2.44. The van der Waals surface area contributed by atoms with Crippen LogP contribution in [-0.4, -0.2) is 42.0 Å². The highest BCUT2D eigenvalue weighted by molar-refractivity contribution is 5.82. The molecule has 1 aliphatic rings. The first-order chi connectivity index (χ1) is 6.53. The van der Waals surface area contributed by atoms with E-state index in [9.17, 15) is 4.79 Å². The number of hydrogen-bond acceptors (Lipinski definition) is 3. The van der Waals surface area contributed by atoms with Crippen molar-refractivity contribution in [2.75, 3.05) is 19.6 Å². The highest BCUT2D eigenvalue weighted by atomic mass is 16.2. The van der Waals surface area contributed by atoms with Crippen LogP contribution in [0.3, 0.4) is 0 Å². The van der Waals surface area contributed by atoms with Crippen LogP contribution in [0.4, 0.5) is 0 Å². The fraction of sp³-hybridized carbons (Fsp3) is 0.900. The highest BCUT2D eigenvalue weighted by Gasteiger charge is 2.36. The molecular formula is C10H21N3O. The first-order valence-corrected chi connectivity index (χ1v) is 5.27. The number of nitrogens with one attached hydrogen (secondary N) is 1. The van der Waals surface area contributed by atoms with Crippen molar-refractivity contribution in [2.45, 2.75) is 38.8 Å². The van der Waals surface area contributed by atoms with Crippen LogP contribution in [0, 0.1) is 0 Å². The molecule has 14 heavy (non-hydrogen) atoms. The van der Waals surface area contributed by atoms with E-state index in [-0.39, 0.29) is 17.5 Å². The molecule has 4 heteroatoms. The summed E-state index contributed by atoms with van der Waals surface area (Å²) in [4.78, 5) is 13.8. The predicted octanol–water partition coefficient (Wildman–Crippen LogP) is -0.0659. The van der Waals surface area contributed by atoms with Crippen LogP contribution in [0.1, 0.15) is 27.2 Å². The molecule has 0 bridgehead atoms. The van der Waals surface area contributed by atoms with Crippen LogP contribution in [-0.2, 0) is 4.79 Å². The van der Waals surface area contributed by atoms with Gasteiger partial charge in [-0.05, 0) is 20.3 Å². The Morgan fingerprint density at radius 3 is 2.79 bits per heavy atom. The summed E-state index contributed by atoms with van der Waals surface area (Å²) >= 11 is 0. The molecule has 82 valence electrons. The zero-order valence-corrected chi connectivity index (χ0v) is 9.34.